The van der Waals surface area contributed by atoms with Crippen molar-refractivity contribution >= 4 is 27.8 Å². The summed E-state index contributed by atoms with van der Waals surface area (Å²) in [4.78, 5) is 9.12. The van der Waals surface area contributed by atoms with Crippen LogP contribution in [0.25, 0.3) is 10.3 Å². The van der Waals surface area contributed by atoms with Crippen LogP contribution in [0.5, 0.6) is 0 Å². The fraction of sp³-hybridized carbons (Fsp3) is 0.429. The molecule has 0 bridgehead atoms. The largest absolute Gasteiger partial charge is 0.350 e. The molecule has 0 spiro atoms. The van der Waals surface area contributed by atoms with Gasteiger partial charge in [0.25, 0.3) is 0 Å². The number of nitrogens with zero attached hydrogens (tertiary/aromatic N) is 4. The van der Waals surface area contributed by atoms with Crippen molar-refractivity contribution in [1.29, 1.82) is 0 Å². The zero-order chi connectivity index (χ0) is 9.97. The predicted octanol–water partition coefficient (Wildman–Crippen LogP) is 0.240. The maximum atomic E-state index is 5.47. The summed E-state index contributed by atoms with van der Waals surface area (Å²) in [6.45, 7) is 2.51. The average molecular weight is 210 g/mol. The van der Waals surface area contributed by atoms with Crippen LogP contribution in [0.2, 0.25) is 0 Å². The van der Waals surface area contributed by atoms with Gasteiger partial charge in [-0.2, -0.15) is 4.98 Å². The van der Waals surface area contributed by atoms with Crippen LogP contribution in [0, 0.1) is 0 Å². The maximum absolute atomic E-state index is 5.47. The van der Waals surface area contributed by atoms with E-state index in [0.29, 0.717) is 12.5 Å². The van der Waals surface area contributed by atoms with Gasteiger partial charge in [-0.05, 0) is 6.92 Å². The Morgan fingerprint density at radius 1 is 1.64 bits per heavy atom. The first-order chi connectivity index (χ1) is 6.79. The first kappa shape index (κ1) is 9.22. The third-order valence-electron chi connectivity index (χ3n) is 1.74. The standard InChI is InChI=1S/C7H10N6S/c1-4(2-8)10-7-9-3-5-6(11-7)14-13-12-5/h3-4H,2,8H2,1H3,(H,9,10,11). The Morgan fingerprint density at radius 2 is 2.50 bits per heavy atom. The van der Waals surface area contributed by atoms with Crippen molar-refractivity contribution in [2.75, 3.05) is 11.9 Å². The van der Waals surface area contributed by atoms with E-state index in [0.717, 1.165) is 10.3 Å². The Hall–Kier alpha value is -1.34. The van der Waals surface area contributed by atoms with Crippen molar-refractivity contribution in [1.82, 2.24) is 19.6 Å². The van der Waals surface area contributed by atoms with E-state index in [1.165, 1.54) is 11.5 Å². The number of hydrogen-bond donors (Lipinski definition) is 2. The monoisotopic (exact) mass is 210 g/mol. The summed E-state index contributed by atoms with van der Waals surface area (Å²) >= 11 is 1.25. The van der Waals surface area contributed by atoms with Gasteiger partial charge < -0.3 is 11.1 Å². The minimum Gasteiger partial charge on any atom is -0.350 e. The first-order valence-corrected chi connectivity index (χ1v) is 4.98. The van der Waals surface area contributed by atoms with E-state index in [4.69, 9.17) is 5.73 Å². The molecule has 1 unspecified atom stereocenters. The molecule has 2 rings (SSSR count). The van der Waals surface area contributed by atoms with Crippen molar-refractivity contribution in [2.45, 2.75) is 13.0 Å². The van der Waals surface area contributed by atoms with E-state index >= 15 is 0 Å². The van der Waals surface area contributed by atoms with Gasteiger partial charge in [-0.25, -0.2) is 4.98 Å². The molecule has 7 heteroatoms. The molecule has 1 atom stereocenters. The van der Waals surface area contributed by atoms with Crippen LogP contribution in [0.15, 0.2) is 6.20 Å². The van der Waals surface area contributed by atoms with Gasteiger partial charge in [0.05, 0.1) is 6.20 Å². The van der Waals surface area contributed by atoms with Gasteiger partial charge in [0.1, 0.15) is 5.52 Å². The van der Waals surface area contributed by atoms with Gasteiger partial charge in [0.2, 0.25) is 5.95 Å². The lowest BCUT2D eigenvalue weighted by Gasteiger charge is -2.09. The van der Waals surface area contributed by atoms with Gasteiger partial charge in [-0.15, -0.1) is 5.10 Å². The molecule has 0 aliphatic rings. The molecule has 74 valence electrons. The van der Waals surface area contributed by atoms with Crippen LogP contribution < -0.4 is 11.1 Å². The molecule has 14 heavy (non-hydrogen) atoms. The predicted molar refractivity (Wildman–Crippen MR) is 55.1 cm³/mol. The molecule has 2 aromatic rings. The van der Waals surface area contributed by atoms with Crippen molar-refractivity contribution in [3.63, 3.8) is 0 Å². The maximum Gasteiger partial charge on any atom is 0.224 e. The van der Waals surface area contributed by atoms with E-state index in [-0.39, 0.29) is 6.04 Å². The van der Waals surface area contributed by atoms with Gasteiger partial charge in [-0.1, -0.05) is 4.49 Å². The molecule has 6 nitrogen and oxygen atoms in total. The number of anilines is 1. The zero-order valence-corrected chi connectivity index (χ0v) is 8.45. The molecule has 0 radical (unpaired) electrons. The molecule has 0 aliphatic heterocycles. The van der Waals surface area contributed by atoms with Crippen LogP contribution in [0.4, 0.5) is 5.95 Å². The van der Waals surface area contributed by atoms with E-state index in [1.807, 2.05) is 6.92 Å². The second-order valence-electron chi connectivity index (χ2n) is 2.94. The molecule has 2 aromatic heterocycles. The summed E-state index contributed by atoms with van der Waals surface area (Å²) in [6, 6.07) is 0.160. The van der Waals surface area contributed by atoms with Crippen molar-refractivity contribution in [3.05, 3.63) is 6.20 Å². The summed E-state index contributed by atoms with van der Waals surface area (Å²) in [7, 11) is 0. The van der Waals surface area contributed by atoms with Crippen molar-refractivity contribution in [2.24, 2.45) is 5.73 Å². The van der Waals surface area contributed by atoms with Crippen LogP contribution in [-0.2, 0) is 0 Å². The van der Waals surface area contributed by atoms with Crippen LogP contribution >= 0.6 is 11.5 Å². The molecule has 0 saturated heterocycles. The molecule has 2 heterocycles. The van der Waals surface area contributed by atoms with Crippen molar-refractivity contribution < 1.29 is 0 Å². The molecule has 0 aromatic carbocycles. The quantitative estimate of drug-likeness (QED) is 0.754. The van der Waals surface area contributed by atoms with E-state index in [9.17, 15) is 0 Å². The minimum atomic E-state index is 0.160. The highest BCUT2D eigenvalue weighted by Gasteiger charge is 2.05. The third kappa shape index (κ3) is 1.78. The molecular weight excluding hydrogens is 200 g/mol. The van der Waals surface area contributed by atoms with Gasteiger partial charge in [0, 0.05) is 24.1 Å². The first-order valence-electron chi connectivity index (χ1n) is 4.21. The molecule has 0 fully saturated rings. The summed E-state index contributed by atoms with van der Waals surface area (Å²) in [5.41, 5.74) is 6.20. The van der Waals surface area contributed by atoms with Gasteiger partial charge in [-0.3, -0.25) is 0 Å². The van der Waals surface area contributed by atoms with E-state index in [1.54, 1.807) is 6.20 Å². The summed E-state index contributed by atoms with van der Waals surface area (Å²) in [5, 5.41) is 6.93. The fourth-order valence-electron chi connectivity index (χ4n) is 0.948. The fourth-order valence-corrected chi connectivity index (χ4v) is 1.47. The molecule has 3 N–H and O–H groups in total. The summed E-state index contributed by atoms with van der Waals surface area (Å²) < 4.78 is 3.78. The van der Waals surface area contributed by atoms with Crippen LogP contribution in [-0.4, -0.2) is 32.1 Å². The second-order valence-corrected chi connectivity index (χ2v) is 3.67. The lowest BCUT2D eigenvalue weighted by atomic mass is 10.3. The van der Waals surface area contributed by atoms with Gasteiger partial charge >= 0.3 is 0 Å². The zero-order valence-electron chi connectivity index (χ0n) is 7.64. The smallest absolute Gasteiger partial charge is 0.224 e. The summed E-state index contributed by atoms with van der Waals surface area (Å²) in [6.07, 6.45) is 1.65. The number of aromatic nitrogens is 4. The topological polar surface area (TPSA) is 89.6 Å². The van der Waals surface area contributed by atoms with Gasteiger partial charge in [0.15, 0.2) is 4.83 Å². The molecule has 0 aliphatic carbocycles. The third-order valence-corrected chi connectivity index (χ3v) is 2.38. The highest BCUT2D eigenvalue weighted by atomic mass is 32.1. The Morgan fingerprint density at radius 3 is 3.29 bits per heavy atom. The Bertz CT molecular complexity index is 427. The SMILES string of the molecule is CC(CN)Nc1ncc2nnsc2n1. The van der Waals surface area contributed by atoms with E-state index < -0.39 is 0 Å². The molecule has 0 saturated carbocycles. The van der Waals surface area contributed by atoms with E-state index in [2.05, 4.69) is 24.9 Å². The lowest BCUT2D eigenvalue weighted by Crippen LogP contribution is -2.26. The number of nitrogens with one attached hydrogen (secondary N) is 1. The lowest BCUT2D eigenvalue weighted by molar-refractivity contribution is 0.792. The van der Waals surface area contributed by atoms with Crippen molar-refractivity contribution in [3.8, 4) is 0 Å². The number of hydrogen-bond acceptors (Lipinski definition) is 7. The average Bonchev–Trinajstić information content (AvgIpc) is 2.64. The normalized spacial score (nSPS) is 13.0. The molecular formula is C7H10N6S. The Kier molecular flexibility index (Phi) is 2.51. The highest BCUT2D eigenvalue weighted by Crippen LogP contribution is 2.12. The summed E-state index contributed by atoms with van der Waals surface area (Å²) in [5.74, 6) is 0.571. The Labute approximate surface area is 84.7 Å². The highest BCUT2D eigenvalue weighted by molar-refractivity contribution is 7.12. The molecule has 0 amide bonds. The number of fused-ring (bicyclic) bond motifs is 1. The number of nitrogens with two attached hydrogens (primary N) is 1. The number of rotatable bonds is 3. The second kappa shape index (κ2) is 3.81. The van der Waals surface area contributed by atoms with Crippen LogP contribution in [0.1, 0.15) is 6.92 Å². The minimum absolute atomic E-state index is 0.160. The van der Waals surface area contributed by atoms with Crippen LogP contribution in [0.3, 0.4) is 0 Å². The Balaban J connectivity index is 2.25.